The largest absolute Gasteiger partial charge is 0.480 e. The van der Waals surface area contributed by atoms with E-state index >= 15 is 0 Å². The van der Waals surface area contributed by atoms with E-state index in [0.717, 1.165) is 3.45 Å². The van der Waals surface area contributed by atoms with E-state index in [1.165, 1.54) is 0 Å². The molecule has 0 amide bonds. The molecule has 0 spiro atoms. The molecule has 0 saturated heterocycles. The van der Waals surface area contributed by atoms with Gasteiger partial charge in [-0.1, -0.05) is 13.8 Å². The number of rotatable bonds is 3. The average Bonchev–Trinajstić information content (AvgIpc) is 1.59. The van der Waals surface area contributed by atoms with Gasteiger partial charge in [-0.2, -0.15) is 0 Å². The quantitative estimate of drug-likeness (QED) is 0.753. The van der Waals surface area contributed by atoms with Crippen molar-refractivity contribution >= 4 is 33.9 Å². The van der Waals surface area contributed by atoms with Crippen molar-refractivity contribution in [2.45, 2.75) is 19.9 Å². The van der Waals surface area contributed by atoms with Crippen LogP contribution in [0.3, 0.4) is 0 Å². The van der Waals surface area contributed by atoms with E-state index in [2.05, 4.69) is 16.1 Å². The zero-order chi connectivity index (χ0) is 8.31. The van der Waals surface area contributed by atoms with E-state index in [0.29, 0.717) is 0 Å². The van der Waals surface area contributed by atoms with Crippen LogP contribution in [0.25, 0.3) is 0 Å². The summed E-state index contributed by atoms with van der Waals surface area (Å²) in [5, 5.41) is 8.56. The molecule has 0 fully saturated rings. The fraction of sp³-hybridized carbons (Fsp3) is 0.800. The van der Waals surface area contributed by atoms with Crippen LogP contribution in [-0.2, 0) is 4.79 Å². The summed E-state index contributed by atoms with van der Waals surface area (Å²) in [6.45, 7) is 3.57. The van der Waals surface area contributed by atoms with Crippen LogP contribution in [0, 0.1) is 5.92 Å². The van der Waals surface area contributed by atoms with Crippen molar-refractivity contribution in [1.29, 1.82) is 0 Å². The molecule has 0 heterocycles. The zero-order valence-corrected chi connectivity index (χ0v) is 8.06. The smallest absolute Gasteiger partial charge is 0.323 e. The van der Waals surface area contributed by atoms with Gasteiger partial charge in [0, 0.05) is 16.1 Å². The molecule has 0 aliphatic rings. The molecule has 0 aromatic rings. The summed E-state index contributed by atoms with van der Waals surface area (Å²) in [6, 6.07) is -0.679. The van der Waals surface area contributed by atoms with Crippen LogP contribution in [0.1, 0.15) is 13.8 Å². The lowest BCUT2D eigenvalue weighted by Gasteiger charge is -2.18. The molecule has 60 valence electrons. The predicted molar refractivity (Wildman–Crippen MR) is 42.9 cm³/mol. The molecule has 0 aliphatic heterocycles. The third-order valence-corrected chi connectivity index (χ3v) is 1.75. The van der Waals surface area contributed by atoms with Crippen molar-refractivity contribution in [3.8, 4) is 0 Å². The zero-order valence-electron chi connectivity index (χ0n) is 5.71. The first-order chi connectivity index (χ1) is 4.46. The molecule has 5 heteroatoms. The van der Waals surface area contributed by atoms with Gasteiger partial charge in [0.2, 0.25) is 0 Å². The Balaban J connectivity index is 4.12. The number of aliphatic carboxylic acids is 1. The van der Waals surface area contributed by atoms with Crippen LogP contribution in [-0.4, -0.2) is 20.6 Å². The van der Waals surface area contributed by atoms with Gasteiger partial charge in [-0.05, 0) is 17.7 Å². The lowest BCUT2D eigenvalue weighted by atomic mass is 10.1. The van der Waals surface area contributed by atoms with Crippen molar-refractivity contribution in [2.75, 3.05) is 0 Å². The highest BCUT2D eigenvalue weighted by Gasteiger charge is 2.26. The van der Waals surface area contributed by atoms with E-state index in [9.17, 15) is 4.79 Å². The third-order valence-electron chi connectivity index (χ3n) is 1.09. The molecule has 3 nitrogen and oxygen atoms in total. The van der Waals surface area contributed by atoms with Crippen LogP contribution in [0.2, 0.25) is 0 Å². The molecule has 0 aromatic carbocycles. The predicted octanol–water partition coefficient (Wildman–Crippen LogP) is 1.86. The van der Waals surface area contributed by atoms with Gasteiger partial charge in [0.25, 0.3) is 0 Å². The van der Waals surface area contributed by atoms with Gasteiger partial charge in [-0.25, -0.2) is 0 Å². The monoisotopic (exact) mass is 229 g/mol. The molecular weight excluding hydrogens is 221 g/mol. The maximum absolute atomic E-state index is 10.4. The molecule has 0 aromatic heterocycles. The molecule has 0 aliphatic carbocycles. The molecule has 10 heavy (non-hydrogen) atoms. The lowest BCUT2D eigenvalue weighted by molar-refractivity contribution is -0.141. The lowest BCUT2D eigenvalue weighted by Crippen LogP contribution is -2.33. The molecular formula is C5H9BrClNO2. The Morgan fingerprint density at radius 3 is 2.10 bits per heavy atom. The van der Waals surface area contributed by atoms with Crippen molar-refractivity contribution in [3.05, 3.63) is 0 Å². The highest BCUT2D eigenvalue weighted by atomic mass is 79.9. The summed E-state index contributed by atoms with van der Waals surface area (Å²) in [5.74, 6) is -0.948. The van der Waals surface area contributed by atoms with E-state index in [-0.39, 0.29) is 5.92 Å². The summed E-state index contributed by atoms with van der Waals surface area (Å²) in [5.41, 5.74) is 0. The Morgan fingerprint density at radius 2 is 2.10 bits per heavy atom. The van der Waals surface area contributed by atoms with Crippen LogP contribution in [0.15, 0.2) is 0 Å². The fourth-order valence-corrected chi connectivity index (χ4v) is 1.55. The van der Waals surface area contributed by atoms with Crippen molar-refractivity contribution in [3.63, 3.8) is 0 Å². The van der Waals surface area contributed by atoms with Crippen LogP contribution in [0.4, 0.5) is 0 Å². The number of nitrogens with zero attached hydrogens (tertiary/aromatic N) is 1. The van der Waals surface area contributed by atoms with Gasteiger partial charge in [0.15, 0.2) is 0 Å². The van der Waals surface area contributed by atoms with Gasteiger partial charge in [0.1, 0.15) is 6.04 Å². The SMILES string of the molecule is CC(C)[C@@H](C(=O)O)N(Cl)Br. The first-order valence-corrected chi connectivity index (χ1v) is 3.85. The van der Waals surface area contributed by atoms with Gasteiger partial charge in [-0.15, -0.1) is 3.45 Å². The number of hydrogen-bond donors (Lipinski definition) is 1. The first-order valence-electron chi connectivity index (χ1n) is 2.80. The summed E-state index contributed by atoms with van der Waals surface area (Å²) >= 11 is 8.26. The van der Waals surface area contributed by atoms with E-state index < -0.39 is 12.0 Å². The summed E-state index contributed by atoms with van der Waals surface area (Å²) in [7, 11) is 0. The second-order valence-electron chi connectivity index (χ2n) is 2.29. The summed E-state index contributed by atoms with van der Waals surface area (Å²) in [6.07, 6.45) is 0. The topological polar surface area (TPSA) is 40.5 Å². The Labute approximate surface area is 73.4 Å². The maximum Gasteiger partial charge on any atom is 0.323 e. The molecule has 1 N–H and O–H groups in total. The summed E-state index contributed by atoms with van der Waals surface area (Å²) in [4.78, 5) is 10.4. The number of hydrogen-bond acceptors (Lipinski definition) is 2. The van der Waals surface area contributed by atoms with Crippen LogP contribution < -0.4 is 0 Å². The van der Waals surface area contributed by atoms with E-state index in [1.807, 2.05) is 0 Å². The molecule has 1 atom stereocenters. The number of carbonyl (C=O) groups is 1. The van der Waals surface area contributed by atoms with Gasteiger partial charge >= 0.3 is 5.97 Å². The fourth-order valence-electron chi connectivity index (χ4n) is 0.594. The van der Waals surface area contributed by atoms with Crippen molar-refractivity contribution < 1.29 is 9.90 Å². The molecule has 0 rings (SSSR count). The normalized spacial score (nSPS) is 14.2. The van der Waals surface area contributed by atoms with Crippen LogP contribution in [0.5, 0.6) is 0 Å². The summed E-state index contributed by atoms with van der Waals surface area (Å²) < 4.78 is 1.00. The average molecular weight is 230 g/mol. The highest BCUT2D eigenvalue weighted by Crippen LogP contribution is 2.17. The highest BCUT2D eigenvalue weighted by molar-refractivity contribution is 9.08. The standard InChI is InChI=1S/C5H9BrClNO2/c1-3(2)4(5(9)10)8(6)7/h3-4H,1-2H3,(H,9,10)/t4-/m0/s1. The minimum absolute atomic E-state index is 0.0191. The molecule has 0 unspecified atom stereocenters. The van der Waals surface area contributed by atoms with E-state index in [4.69, 9.17) is 16.9 Å². The first kappa shape index (κ1) is 10.2. The van der Waals surface area contributed by atoms with Crippen LogP contribution >= 0.6 is 27.9 Å². The minimum Gasteiger partial charge on any atom is -0.480 e. The van der Waals surface area contributed by atoms with Gasteiger partial charge in [0.05, 0.1) is 0 Å². The maximum atomic E-state index is 10.4. The molecule has 0 saturated carbocycles. The van der Waals surface area contributed by atoms with Crippen molar-refractivity contribution in [2.24, 2.45) is 5.92 Å². The molecule has 0 bridgehead atoms. The second kappa shape index (κ2) is 4.16. The Morgan fingerprint density at radius 1 is 1.70 bits per heavy atom. The number of carboxylic acid groups (broad SMARTS) is 1. The molecule has 0 radical (unpaired) electrons. The number of carboxylic acids is 1. The number of halogens is 2. The van der Waals surface area contributed by atoms with Gasteiger partial charge < -0.3 is 5.11 Å². The Hall–Kier alpha value is 0.200. The Kier molecular flexibility index (Phi) is 4.24. The van der Waals surface area contributed by atoms with Gasteiger partial charge in [-0.3, -0.25) is 4.79 Å². The second-order valence-corrected chi connectivity index (χ2v) is 3.82. The Bertz CT molecular complexity index is 121. The van der Waals surface area contributed by atoms with Crippen molar-refractivity contribution in [1.82, 2.24) is 3.45 Å². The minimum atomic E-state index is -0.929. The third kappa shape index (κ3) is 2.86. The van der Waals surface area contributed by atoms with E-state index in [1.54, 1.807) is 13.8 Å².